The highest BCUT2D eigenvalue weighted by Crippen LogP contribution is 2.02. The molecule has 0 saturated heterocycles. The van der Waals surface area contributed by atoms with Gasteiger partial charge >= 0.3 is 0 Å². The van der Waals surface area contributed by atoms with Crippen molar-refractivity contribution >= 4 is 49.6 Å². The summed E-state index contributed by atoms with van der Waals surface area (Å²) >= 11 is 0. The van der Waals surface area contributed by atoms with Crippen LogP contribution in [0, 0.1) is 0 Å². The summed E-state index contributed by atoms with van der Waals surface area (Å²) in [7, 11) is 0. The van der Waals surface area contributed by atoms with Crippen molar-refractivity contribution in [3.05, 3.63) is 35.4 Å². The summed E-state index contributed by atoms with van der Waals surface area (Å²) in [4.78, 5) is 0. The molecule has 86 valence electrons. The van der Waals surface area contributed by atoms with Gasteiger partial charge in [-0.2, -0.15) is 0 Å². The molecule has 0 radical (unpaired) electrons. The Morgan fingerprint density at radius 1 is 0.786 bits per heavy atom. The molecule has 0 bridgehead atoms. The molecule has 0 heterocycles. The quantitative estimate of drug-likeness (QED) is 0.874. The number of hydrogen-bond donors (Lipinski definition) is 2. The highest BCUT2D eigenvalue weighted by Gasteiger charge is 1.89. The van der Waals surface area contributed by atoms with E-state index in [0.717, 1.165) is 11.1 Å². The zero-order chi connectivity index (χ0) is 7.40. The van der Waals surface area contributed by atoms with Gasteiger partial charge in [0.2, 0.25) is 0 Å². The van der Waals surface area contributed by atoms with Crippen molar-refractivity contribution in [2.75, 3.05) is 0 Å². The fourth-order valence-corrected chi connectivity index (χ4v) is 0.884. The van der Waals surface area contributed by atoms with Gasteiger partial charge in [-0.15, -0.1) is 49.6 Å². The SMILES string of the molecule is Cl.Cl.Cl.Cl.NCc1cccc(CN)c1. The van der Waals surface area contributed by atoms with Crippen LogP contribution in [0.5, 0.6) is 0 Å². The molecule has 0 fully saturated rings. The first kappa shape index (κ1) is 23.8. The van der Waals surface area contributed by atoms with Gasteiger partial charge in [-0.25, -0.2) is 0 Å². The molecule has 0 amide bonds. The molecule has 1 aromatic carbocycles. The van der Waals surface area contributed by atoms with E-state index in [2.05, 4.69) is 0 Å². The van der Waals surface area contributed by atoms with E-state index in [1.807, 2.05) is 24.3 Å². The molecule has 0 atom stereocenters. The zero-order valence-corrected chi connectivity index (χ0v) is 10.8. The van der Waals surface area contributed by atoms with Crippen molar-refractivity contribution in [1.82, 2.24) is 0 Å². The highest BCUT2D eigenvalue weighted by molar-refractivity contribution is 5.86. The Balaban J connectivity index is -0.000000125. The van der Waals surface area contributed by atoms with Crippen LogP contribution >= 0.6 is 49.6 Å². The van der Waals surface area contributed by atoms with Crippen molar-refractivity contribution < 1.29 is 0 Å². The Hall–Kier alpha value is 0.300. The molecule has 0 aliphatic heterocycles. The first-order chi connectivity index (χ1) is 4.86. The van der Waals surface area contributed by atoms with Gasteiger partial charge in [0.25, 0.3) is 0 Å². The van der Waals surface area contributed by atoms with Gasteiger partial charge in [-0.05, 0) is 11.1 Å². The molecular weight excluding hydrogens is 266 g/mol. The predicted octanol–water partition coefficient (Wildman–Crippen LogP) is 2.29. The Kier molecular flexibility index (Phi) is 22.7. The Labute approximate surface area is 109 Å². The highest BCUT2D eigenvalue weighted by atomic mass is 35.5. The van der Waals surface area contributed by atoms with E-state index in [4.69, 9.17) is 11.5 Å². The molecule has 1 aromatic rings. The summed E-state index contributed by atoms with van der Waals surface area (Å²) < 4.78 is 0. The molecule has 6 heteroatoms. The normalized spacial score (nSPS) is 7.00. The number of benzene rings is 1. The molecule has 2 nitrogen and oxygen atoms in total. The van der Waals surface area contributed by atoms with Crippen LogP contribution in [0.25, 0.3) is 0 Å². The molecule has 4 N–H and O–H groups in total. The fraction of sp³-hybridized carbons (Fsp3) is 0.250. The van der Waals surface area contributed by atoms with E-state index in [-0.39, 0.29) is 49.6 Å². The van der Waals surface area contributed by atoms with Crippen LogP contribution in [0.1, 0.15) is 11.1 Å². The minimum atomic E-state index is 0. The third kappa shape index (κ3) is 7.68. The maximum atomic E-state index is 5.43. The van der Waals surface area contributed by atoms with Gasteiger partial charge in [0.05, 0.1) is 0 Å². The Morgan fingerprint density at radius 2 is 1.14 bits per heavy atom. The van der Waals surface area contributed by atoms with E-state index in [1.165, 1.54) is 0 Å². The topological polar surface area (TPSA) is 52.0 Å². The minimum Gasteiger partial charge on any atom is -0.326 e. The third-order valence-electron chi connectivity index (χ3n) is 1.46. The predicted molar refractivity (Wildman–Crippen MR) is 71.2 cm³/mol. The first-order valence-corrected chi connectivity index (χ1v) is 3.34. The van der Waals surface area contributed by atoms with Crippen molar-refractivity contribution in [3.8, 4) is 0 Å². The number of rotatable bonds is 2. The molecule has 0 unspecified atom stereocenters. The molecule has 0 aliphatic carbocycles. The van der Waals surface area contributed by atoms with Gasteiger partial charge in [0, 0.05) is 13.1 Å². The van der Waals surface area contributed by atoms with E-state index in [1.54, 1.807) is 0 Å². The van der Waals surface area contributed by atoms with Gasteiger partial charge in [0.15, 0.2) is 0 Å². The molecule has 0 aromatic heterocycles. The molecular formula is C8H16Cl4N2. The standard InChI is InChI=1S/C8H12N2.4ClH/c9-5-7-2-1-3-8(4-7)6-10;;;;/h1-4H,5-6,9-10H2;4*1H. The smallest absolute Gasteiger partial charge is 0.0178 e. The first-order valence-electron chi connectivity index (χ1n) is 3.34. The average molecular weight is 282 g/mol. The molecule has 0 spiro atoms. The van der Waals surface area contributed by atoms with Crippen LogP contribution in [0.4, 0.5) is 0 Å². The Morgan fingerprint density at radius 3 is 1.43 bits per heavy atom. The van der Waals surface area contributed by atoms with Crippen LogP contribution < -0.4 is 11.5 Å². The van der Waals surface area contributed by atoms with Crippen LogP contribution in [-0.2, 0) is 13.1 Å². The van der Waals surface area contributed by atoms with Gasteiger partial charge in [0.1, 0.15) is 0 Å². The monoisotopic (exact) mass is 280 g/mol. The Bertz CT molecular complexity index is 201. The second-order valence-electron chi connectivity index (χ2n) is 2.23. The van der Waals surface area contributed by atoms with Gasteiger partial charge < -0.3 is 11.5 Å². The second-order valence-corrected chi connectivity index (χ2v) is 2.23. The summed E-state index contributed by atoms with van der Waals surface area (Å²) in [6.07, 6.45) is 0. The van der Waals surface area contributed by atoms with E-state index in [0.29, 0.717) is 13.1 Å². The zero-order valence-electron chi connectivity index (χ0n) is 7.51. The molecule has 14 heavy (non-hydrogen) atoms. The van der Waals surface area contributed by atoms with E-state index in [9.17, 15) is 0 Å². The number of halogens is 4. The minimum absolute atomic E-state index is 0. The van der Waals surface area contributed by atoms with E-state index >= 15 is 0 Å². The summed E-state index contributed by atoms with van der Waals surface area (Å²) in [6.45, 7) is 1.18. The maximum Gasteiger partial charge on any atom is 0.0178 e. The maximum absolute atomic E-state index is 5.43. The molecule has 0 aliphatic rings. The van der Waals surface area contributed by atoms with Crippen molar-refractivity contribution in [2.45, 2.75) is 13.1 Å². The summed E-state index contributed by atoms with van der Waals surface area (Å²) in [5.74, 6) is 0. The van der Waals surface area contributed by atoms with Gasteiger partial charge in [-0.3, -0.25) is 0 Å². The van der Waals surface area contributed by atoms with Crippen LogP contribution in [-0.4, -0.2) is 0 Å². The van der Waals surface area contributed by atoms with Crippen molar-refractivity contribution in [2.24, 2.45) is 11.5 Å². The second kappa shape index (κ2) is 13.3. The van der Waals surface area contributed by atoms with Crippen molar-refractivity contribution in [1.29, 1.82) is 0 Å². The summed E-state index contributed by atoms with van der Waals surface area (Å²) in [5, 5.41) is 0. The largest absolute Gasteiger partial charge is 0.326 e. The van der Waals surface area contributed by atoms with Gasteiger partial charge in [-0.1, -0.05) is 24.3 Å². The lowest BCUT2D eigenvalue weighted by molar-refractivity contribution is 1.03. The average Bonchev–Trinajstić information content (AvgIpc) is 2.05. The van der Waals surface area contributed by atoms with Crippen LogP contribution in [0.3, 0.4) is 0 Å². The molecule has 1 rings (SSSR count). The lowest BCUT2D eigenvalue weighted by Gasteiger charge is -1.98. The lowest BCUT2D eigenvalue weighted by Crippen LogP contribution is -2.00. The number of hydrogen-bond acceptors (Lipinski definition) is 2. The van der Waals surface area contributed by atoms with Crippen LogP contribution in [0.2, 0.25) is 0 Å². The van der Waals surface area contributed by atoms with Crippen LogP contribution in [0.15, 0.2) is 24.3 Å². The van der Waals surface area contributed by atoms with Crippen molar-refractivity contribution in [3.63, 3.8) is 0 Å². The summed E-state index contributed by atoms with van der Waals surface area (Å²) in [5.41, 5.74) is 13.1. The molecule has 0 saturated carbocycles. The summed E-state index contributed by atoms with van der Waals surface area (Å²) in [6, 6.07) is 8.00. The fourth-order valence-electron chi connectivity index (χ4n) is 0.884. The third-order valence-corrected chi connectivity index (χ3v) is 1.46. The number of nitrogens with two attached hydrogens (primary N) is 2. The lowest BCUT2D eigenvalue weighted by atomic mass is 10.1. The van der Waals surface area contributed by atoms with E-state index < -0.39 is 0 Å².